The standard InChI is InChI=1S/C16H25N3O/c1-15(2,3)12-4-6-13(7-5-12)16(8-9-16)19-14(20)18-11-10-17/h4-7H,8-11,17H2,1-3H3,(H2,18,19,20). The molecule has 0 unspecified atom stereocenters. The molecule has 1 fully saturated rings. The van der Waals surface area contributed by atoms with Crippen molar-refractivity contribution < 1.29 is 4.79 Å². The van der Waals surface area contributed by atoms with Gasteiger partial charge in [0, 0.05) is 13.1 Å². The van der Waals surface area contributed by atoms with Gasteiger partial charge in [-0.15, -0.1) is 0 Å². The first kappa shape index (κ1) is 14.9. The van der Waals surface area contributed by atoms with Gasteiger partial charge in [0.25, 0.3) is 0 Å². The van der Waals surface area contributed by atoms with E-state index in [0.717, 1.165) is 12.8 Å². The normalized spacial score (nSPS) is 16.6. The number of benzene rings is 1. The first-order valence-corrected chi connectivity index (χ1v) is 7.24. The third kappa shape index (κ3) is 3.31. The van der Waals surface area contributed by atoms with Crippen molar-refractivity contribution >= 4 is 6.03 Å². The SMILES string of the molecule is CC(C)(C)c1ccc(C2(NC(=O)NCCN)CC2)cc1. The number of nitrogens with two attached hydrogens (primary N) is 1. The van der Waals surface area contributed by atoms with Gasteiger partial charge in [-0.1, -0.05) is 45.0 Å². The van der Waals surface area contributed by atoms with Gasteiger partial charge >= 0.3 is 6.03 Å². The van der Waals surface area contributed by atoms with E-state index in [4.69, 9.17) is 5.73 Å². The van der Waals surface area contributed by atoms with Crippen LogP contribution in [0.1, 0.15) is 44.7 Å². The van der Waals surface area contributed by atoms with Crippen LogP contribution in [0.3, 0.4) is 0 Å². The molecule has 1 aromatic carbocycles. The van der Waals surface area contributed by atoms with Crippen LogP contribution in [0.2, 0.25) is 0 Å². The molecular formula is C16H25N3O. The van der Waals surface area contributed by atoms with Gasteiger partial charge in [0.05, 0.1) is 5.54 Å². The van der Waals surface area contributed by atoms with Crippen molar-refractivity contribution in [3.05, 3.63) is 35.4 Å². The van der Waals surface area contributed by atoms with Crippen LogP contribution in [0.25, 0.3) is 0 Å². The summed E-state index contributed by atoms with van der Waals surface area (Å²) in [6.07, 6.45) is 2.00. The number of carbonyl (C=O) groups is 1. The molecular weight excluding hydrogens is 250 g/mol. The Bertz CT molecular complexity index is 469. The summed E-state index contributed by atoms with van der Waals surface area (Å²) in [5.74, 6) is 0. The quantitative estimate of drug-likeness (QED) is 0.789. The molecule has 20 heavy (non-hydrogen) atoms. The van der Waals surface area contributed by atoms with E-state index < -0.39 is 0 Å². The molecule has 2 amide bonds. The lowest BCUT2D eigenvalue weighted by Crippen LogP contribution is -2.43. The fourth-order valence-corrected chi connectivity index (χ4v) is 2.35. The zero-order valence-electron chi connectivity index (χ0n) is 12.6. The van der Waals surface area contributed by atoms with Gasteiger partial charge in [-0.05, 0) is 29.4 Å². The van der Waals surface area contributed by atoms with E-state index in [1.54, 1.807) is 0 Å². The van der Waals surface area contributed by atoms with Crippen molar-refractivity contribution in [2.24, 2.45) is 5.73 Å². The summed E-state index contributed by atoms with van der Waals surface area (Å²) in [5, 5.41) is 5.83. The Morgan fingerprint density at radius 3 is 2.30 bits per heavy atom. The summed E-state index contributed by atoms with van der Waals surface area (Å²) in [6, 6.07) is 8.46. The first-order chi connectivity index (χ1) is 9.37. The van der Waals surface area contributed by atoms with E-state index in [-0.39, 0.29) is 17.0 Å². The van der Waals surface area contributed by atoms with Crippen LogP contribution in [-0.2, 0) is 11.0 Å². The summed E-state index contributed by atoms with van der Waals surface area (Å²) in [4.78, 5) is 11.8. The second-order valence-corrected chi connectivity index (χ2v) is 6.58. The predicted molar refractivity (Wildman–Crippen MR) is 81.6 cm³/mol. The molecule has 4 heteroatoms. The van der Waals surface area contributed by atoms with Gasteiger partial charge in [-0.25, -0.2) is 4.79 Å². The van der Waals surface area contributed by atoms with Crippen molar-refractivity contribution in [1.82, 2.24) is 10.6 Å². The average Bonchev–Trinajstić information content (AvgIpc) is 3.16. The number of urea groups is 1. The molecule has 4 nitrogen and oxygen atoms in total. The van der Waals surface area contributed by atoms with Gasteiger partial charge < -0.3 is 16.4 Å². The maximum absolute atomic E-state index is 11.8. The first-order valence-electron chi connectivity index (χ1n) is 7.24. The molecule has 2 rings (SSSR count). The Kier molecular flexibility index (Phi) is 4.04. The molecule has 0 aliphatic heterocycles. The van der Waals surface area contributed by atoms with E-state index in [9.17, 15) is 4.79 Å². The molecule has 0 atom stereocenters. The second-order valence-electron chi connectivity index (χ2n) is 6.58. The van der Waals surface area contributed by atoms with Crippen LogP contribution in [0.4, 0.5) is 4.79 Å². The highest BCUT2D eigenvalue weighted by molar-refractivity contribution is 5.75. The second kappa shape index (κ2) is 5.44. The van der Waals surface area contributed by atoms with Crippen LogP contribution >= 0.6 is 0 Å². The minimum atomic E-state index is -0.172. The average molecular weight is 275 g/mol. The molecule has 1 aliphatic rings. The Hall–Kier alpha value is -1.55. The highest BCUT2D eigenvalue weighted by Gasteiger charge is 2.45. The lowest BCUT2D eigenvalue weighted by molar-refractivity contribution is 0.236. The zero-order valence-corrected chi connectivity index (χ0v) is 12.6. The number of amides is 2. The number of rotatable bonds is 4. The van der Waals surface area contributed by atoms with Crippen molar-refractivity contribution in [3.63, 3.8) is 0 Å². The van der Waals surface area contributed by atoms with E-state index in [0.29, 0.717) is 13.1 Å². The topological polar surface area (TPSA) is 67.2 Å². The summed E-state index contributed by atoms with van der Waals surface area (Å²) < 4.78 is 0. The molecule has 1 saturated carbocycles. The highest BCUT2D eigenvalue weighted by Crippen LogP contribution is 2.45. The molecule has 0 aromatic heterocycles. The fourth-order valence-electron chi connectivity index (χ4n) is 2.35. The Morgan fingerprint density at radius 1 is 1.25 bits per heavy atom. The van der Waals surface area contributed by atoms with Gasteiger partial charge in [-0.2, -0.15) is 0 Å². The predicted octanol–water partition coefficient (Wildman–Crippen LogP) is 2.23. The molecule has 0 spiro atoms. The van der Waals surface area contributed by atoms with Crippen LogP contribution < -0.4 is 16.4 Å². The van der Waals surface area contributed by atoms with Crippen LogP contribution in [-0.4, -0.2) is 19.1 Å². The molecule has 1 aliphatic carbocycles. The summed E-state index contributed by atoms with van der Waals surface area (Å²) in [7, 11) is 0. The minimum absolute atomic E-state index is 0.132. The molecule has 1 aromatic rings. The molecule has 0 heterocycles. The van der Waals surface area contributed by atoms with Crippen LogP contribution in [0, 0.1) is 0 Å². The maximum atomic E-state index is 11.8. The molecule has 0 radical (unpaired) electrons. The lowest BCUT2D eigenvalue weighted by Gasteiger charge is -2.22. The Morgan fingerprint density at radius 2 is 1.85 bits per heavy atom. The van der Waals surface area contributed by atoms with E-state index in [1.165, 1.54) is 11.1 Å². The lowest BCUT2D eigenvalue weighted by atomic mass is 9.86. The van der Waals surface area contributed by atoms with Crippen LogP contribution in [0.15, 0.2) is 24.3 Å². The highest BCUT2D eigenvalue weighted by atomic mass is 16.2. The molecule has 110 valence electrons. The van der Waals surface area contributed by atoms with Gasteiger partial charge in [0.2, 0.25) is 0 Å². The van der Waals surface area contributed by atoms with Crippen molar-refractivity contribution in [3.8, 4) is 0 Å². The van der Waals surface area contributed by atoms with Gasteiger partial charge in [0.15, 0.2) is 0 Å². The zero-order chi connectivity index (χ0) is 14.8. The largest absolute Gasteiger partial charge is 0.337 e. The van der Waals surface area contributed by atoms with Crippen LogP contribution in [0.5, 0.6) is 0 Å². The minimum Gasteiger partial charge on any atom is -0.337 e. The third-order valence-corrected chi connectivity index (χ3v) is 3.84. The van der Waals surface area contributed by atoms with Gasteiger partial charge in [-0.3, -0.25) is 0 Å². The van der Waals surface area contributed by atoms with Gasteiger partial charge in [0.1, 0.15) is 0 Å². The van der Waals surface area contributed by atoms with Crippen molar-refractivity contribution in [1.29, 1.82) is 0 Å². The maximum Gasteiger partial charge on any atom is 0.315 e. The number of carbonyl (C=O) groups excluding carboxylic acids is 1. The van der Waals surface area contributed by atoms with Crippen molar-refractivity contribution in [2.75, 3.05) is 13.1 Å². The monoisotopic (exact) mass is 275 g/mol. The van der Waals surface area contributed by atoms with E-state index >= 15 is 0 Å². The summed E-state index contributed by atoms with van der Waals surface area (Å²) in [5.41, 5.74) is 7.86. The summed E-state index contributed by atoms with van der Waals surface area (Å²) >= 11 is 0. The smallest absolute Gasteiger partial charge is 0.315 e. The third-order valence-electron chi connectivity index (χ3n) is 3.84. The number of hydrogen-bond donors (Lipinski definition) is 3. The molecule has 0 saturated heterocycles. The van der Waals surface area contributed by atoms with E-state index in [1.807, 2.05) is 0 Å². The molecule has 4 N–H and O–H groups in total. The van der Waals surface area contributed by atoms with E-state index in [2.05, 4.69) is 55.7 Å². The summed E-state index contributed by atoms with van der Waals surface area (Å²) in [6.45, 7) is 7.57. The number of hydrogen-bond acceptors (Lipinski definition) is 2. The fraction of sp³-hybridized carbons (Fsp3) is 0.562. The Balaban J connectivity index is 2.05. The number of nitrogens with one attached hydrogen (secondary N) is 2. The molecule has 0 bridgehead atoms. The Labute approximate surface area is 121 Å². The van der Waals surface area contributed by atoms with Crippen molar-refractivity contribution in [2.45, 2.75) is 44.6 Å².